The highest BCUT2D eigenvalue weighted by Crippen LogP contribution is 2.19. The Labute approximate surface area is 196 Å². The quantitative estimate of drug-likeness (QED) is 0.429. The number of ether oxygens (including phenoxy) is 1. The van der Waals surface area contributed by atoms with Crippen molar-refractivity contribution in [2.75, 3.05) is 13.7 Å². The summed E-state index contributed by atoms with van der Waals surface area (Å²) in [5.41, 5.74) is 2.61. The number of benzene rings is 1. The molecule has 0 saturated heterocycles. The molecule has 4 aromatic rings. The lowest BCUT2D eigenvalue weighted by Crippen LogP contribution is -2.28. The predicted molar refractivity (Wildman–Crippen MR) is 126 cm³/mol. The molecule has 3 aromatic heterocycles. The Morgan fingerprint density at radius 3 is 2.71 bits per heavy atom. The van der Waals surface area contributed by atoms with Crippen LogP contribution in [0.15, 0.2) is 66.1 Å². The van der Waals surface area contributed by atoms with E-state index in [1.54, 1.807) is 54.3 Å². The van der Waals surface area contributed by atoms with E-state index >= 15 is 0 Å². The van der Waals surface area contributed by atoms with Crippen molar-refractivity contribution in [3.05, 3.63) is 82.8 Å². The molecule has 34 heavy (non-hydrogen) atoms. The highest BCUT2D eigenvalue weighted by atomic mass is 16.5. The minimum absolute atomic E-state index is 0.153. The Kier molecular flexibility index (Phi) is 6.77. The molecule has 0 spiro atoms. The Hall–Kier alpha value is -4.34. The molecule has 1 amide bonds. The second kappa shape index (κ2) is 10.1. The van der Waals surface area contributed by atoms with Crippen LogP contribution in [0.25, 0.3) is 17.1 Å². The van der Waals surface area contributed by atoms with Gasteiger partial charge in [0, 0.05) is 31.3 Å². The average molecular weight is 460 g/mol. The van der Waals surface area contributed by atoms with Crippen molar-refractivity contribution in [2.24, 2.45) is 0 Å². The summed E-state index contributed by atoms with van der Waals surface area (Å²) in [6.45, 7) is 4.20. The van der Waals surface area contributed by atoms with Crippen molar-refractivity contribution >= 4 is 5.91 Å². The lowest BCUT2D eigenvalue weighted by molar-refractivity contribution is -0.123. The summed E-state index contributed by atoms with van der Waals surface area (Å²) >= 11 is 0. The van der Waals surface area contributed by atoms with Gasteiger partial charge >= 0.3 is 0 Å². The van der Waals surface area contributed by atoms with Crippen molar-refractivity contribution in [1.29, 1.82) is 0 Å². The number of carbonyl (C=O) groups is 1. The molecule has 0 radical (unpaired) electrons. The van der Waals surface area contributed by atoms with Crippen LogP contribution in [-0.2, 0) is 11.2 Å². The number of likely N-dealkylation sites (N-methyl/N-ethyl adjacent to an activating group) is 1. The van der Waals surface area contributed by atoms with Crippen molar-refractivity contribution in [2.45, 2.75) is 26.3 Å². The maximum atomic E-state index is 12.5. The molecular weight excluding hydrogens is 434 g/mol. The molecule has 174 valence electrons. The van der Waals surface area contributed by atoms with Gasteiger partial charge in [-0.15, -0.1) is 0 Å². The smallest absolute Gasteiger partial charge is 0.244 e. The first-order valence-corrected chi connectivity index (χ1v) is 10.9. The van der Waals surface area contributed by atoms with E-state index in [1.807, 2.05) is 31.2 Å². The molecule has 3 heterocycles. The zero-order valence-corrected chi connectivity index (χ0v) is 19.2. The first kappa shape index (κ1) is 22.8. The van der Waals surface area contributed by atoms with Crippen LogP contribution in [0.5, 0.6) is 5.75 Å². The van der Waals surface area contributed by atoms with E-state index < -0.39 is 6.04 Å². The van der Waals surface area contributed by atoms with Crippen LogP contribution in [0, 0.1) is 0 Å². The molecule has 0 aliphatic heterocycles. The van der Waals surface area contributed by atoms with Crippen LogP contribution >= 0.6 is 0 Å². The van der Waals surface area contributed by atoms with E-state index in [4.69, 9.17) is 4.74 Å². The Morgan fingerprint density at radius 2 is 1.97 bits per heavy atom. The van der Waals surface area contributed by atoms with Gasteiger partial charge in [-0.1, -0.05) is 18.2 Å². The van der Waals surface area contributed by atoms with Crippen LogP contribution < -0.4 is 15.5 Å². The van der Waals surface area contributed by atoms with Gasteiger partial charge in [-0.2, -0.15) is 10.2 Å². The van der Waals surface area contributed by atoms with Crippen LogP contribution in [-0.4, -0.2) is 49.1 Å². The molecule has 1 N–H and O–H groups in total. The number of rotatable bonds is 8. The first-order valence-electron chi connectivity index (χ1n) is 10.9. The van der Waals surface area contributed by atoms with Crippen LogP contribution in [0.1, 0.15) is 31.1 Å². The van der Waals surface area contributed by atoms with Crippen LogP contribution in [0.4, 0.5) is 0 Å². The standard InChI is InChI=1S/C24H25N7O3/c1-4-34-20-13-26-23(27-14-20)18-7-5-6-17(10-18)11-21-22(32)8-9-30(29-21)19-12-28-31(15-19)16(2)24(33)25-3/h5-10,12-16H,4,11H2,1-3H3,(H,25,33). The van der Waals surface area contributed by atoms with Gasteiger partial charge in [0.05, 0.1) is 31.4 Å². The lowest BCUT2D eigenvalue weighted by Gasteiger charge is -2.10. The lowest BCUT2D eigenvalue weighted by atomic mass is 10.1. The largest absolute Gasteiger partial charge is 0.491 e. The zero-order valence-electron chi connectivity index (χ0n) is 19.2. The van der Waals surface area contributed by atoms with E-state index in [0.717, 1.165) is 11.1 Å². The molecule has 0 aliphatic rings. The van der Waals surface area contributed by atoms with Gasteiger partial charge in [0.15, 0.2) is 11.6 Å². The van der Waals surface area contributed by atoms with Gasteiger partial charge in [0.1, 0.15) is 17.4 Å². The third-order valence-corrected chi connectivity index (χ3v) is 5.25. The summed E-state index contributed by atoms with van der Waals surface area (Å²) in [7, 11) is 1.58. The number of amides is 1. The molecule has 1 unspecified atom stereocenters. The number of aromatic nitrogens is 6. The third-order valence-electron chi connectivity index (χ3n) is 5.25. The Morgan fingerprint density at radius 1 is 1.18 bits per heavy atom. The van der Waals surface area contributed by atoms with E-state index in [2.05, 4.69) is 25.5 Å². The Balaban J connectivity index is 1.57. The van der Waals surface area contributed by atoms with Gasteiger partial charge in [-0.05, 0) is 25.5 Å². The maximum Gasteiger partial charge on any atom is 0.244 e. The number of carbonyl (C=O) groups excluding carboxylic acids is 1. The van der Waals surface area contributed by atoms with Crippen molar-refractivity contribution < 1.29 is 9.53 Å². The zero-order chi connectivity index (χ0) is 24.1. The number of nitrogens with zero attached hydrogens (tertiary/aromatic N) is 6. The summed E-state index contributed by atoms with van der Waals surface area (Å²) in [4.78, 5) is 33.1. The molecule has 0 bridgehead atoms. The Bertz CT molecular complexity index is 1350. The molecular formula is C24H25N7O3. The molecule has 10 heteroatoms. The summed E-state index contributed by atoms with van der Waals surface area (Å²) in [5, 5.41) is 11.4. The van der Waals surface area contributed by atoms with Crippen LogP contribution in [0.3, 0.4) is 0 Å². The molecule has 4 rings (SSSR count). The summed E-state index contributed by atoms with van der Waals surface area (Å²) in [5.74, 6) is 1.03. The van der Waals surface area contributed by atoms with E-state index in [-0.39, 0.29) is 11.3 Å². The SMILES string of the molecule is CCOc1cnc(-c2cccc(Cc3nn(-c4cnn(C(C)C(=O)NC)c4)ccc3=O)c2)nc1. The number of hydrogen-bond donors (Lipinski definition) is 1. The molecule has 1 aromatic carbocycles. The predicted octanol–water partition coefficient (Wildman–Crippen LogP) is 2.18. The fourth-order valence-corrected chi connectivity index (χ4v) is 3.42. The molecule has 0 saturated carbocycles. The summed E-state index contributed by atoms with van der Waals surface area (Å²) in [6, 6.07) is 8.69. The highest BCUT2D eigenvalue weighted by Gasteiger charge is 2.15. The molecule has 0 fully saturated rings. The summed E-state index contributed by atoms with van der Waals surface area (Å²) < 4.78 is 8.53. The molecule has 10 nitrogen and oxygen atoms in total. The number of nitrogens with one attached hydrogen (secondary N) is 1. The fraction of sp³-hybridized carbons (Fsp3) is 0.250. The van der Waals surface area contributed by atoms with Gasteiger partial charge < -0.3 is 10.1 Å². The number of hydrogen-bond acceptors (Lipinski definition) is 7. The molecule has 0 aliphatic carbocycles. The van der Waals surface area contributed by atoms with Gasteiger partial charge in [-0.3, -0.25) is 14.3 Å². The van der Waals surface area contributed by atoms with Crippen molar-refractivity contribution in [1.82, 2.24) is 34.8 Å². The fourth-order valence-electron chi connectivity index (χ4n) is 3.42. The van der Waals surface area contributed by atoms with Gasteiger partial charge in [-0.25, -0.2) is 14.6 Å². The second-order valence-electron chi connectivity index (χ2n) is 7.59. The monoisotopic (exact) mass is 459 g/mol. The van der Waals surface area contributed by atoms with Crippen LogP contribution in [0.2, 0.25) is 0 Å². The van der Waals surface area contributed by atoms with Crippen molar-refractivity contribution in [3.8, 4) is 22.8 Å². The van der Waals surface area contributed by atoms with Gasteiger partial charge in [0.2, 0.25) is 11.3 Å². The van der Waals surface area contributed by atoms with Gasteiger partial charge in [0.25, 0.3) is 0 Å². The van der Waals surface area contributed by atoms with E-state index in [9.17, 15) is 9.59 Å². The molecule has 1 atom stereocenters. The highest BCUT2D eigenvalue weighted by molar-refractivity contribution is 5.79. The van der Waals surface area contributed by atoms with E-state index in [0.29, 0.717) is 36.0 Å². The van der Waals surface area contributed by atoms with E-state index in [1.165, 1.54) is 6.07 Å². The first-order chi connectivity index (χ1) is 16.5. The second-order valence-corrected chi connectivity index (χ2v) is 7.59. The topological polar surface area (TPSA) is 117 Å². The van der Waals surface area contributed by atoms with Crippen molar-refractivity contribution in [3.63, 3.8) is 0 Å². The minimum atomic E-state index is -0.467. The maximum absolute atomic E-state index is 12.5. The average Bonchev–Trinajstić information content (AvgIpc) is 3.35. The normalized spacial score (nSPS) is 11.7. The third kappa shape index (κ3) is 5.01. The minimum Gasteiger partial charge on any atom is -0.491 e. The summed E-state index contributed by atoms with van der Waals surface area (Å²) in [6.07, 6.45) is 8.52.